The molecule has 128 valence electrons. The van der Waals surface area contributed by atoms with Gasteiger partial charge in [-0.1, -0.05) is 31.4 Å². The van der Waals surface area contributed by atoms with Gasteiger partial charge >= 0.3 is 0 Å². The van der Waals surface area contributed by atoms with Crippen molar-refractivity contribution in [2.75, 3.05) is 11.9 Å². The van der Waals surface area contributed by atoms with Crippen molar-refractivity contribution in [2.24, 2.45) is 10.7 Å². The summed E-state index contributed by atoms with van der Waals surface area (Å²) in [6.07, 6.45) is 6.32. The Hall–Kier alpha value is -1.31. The highest BCUT2D eigenvalue weighted by Gasteiger charge is 2.15. The van der Waals surface area contributed by atoms with Crippen LogP contribution in [-0.2, 0) is 4.79 Å². The van der Waals surface area contributed by atoms with E-state index in [-0.39, 0.29) is 29.9 Å². The van der Waals surface area contributed by atoms with E-state index in [2.05, 4.69) is 15.6 Å². The van der Waals surface area contributed by atoms with Gasteiger partial charge in [0, 0.05) is 18.2 Å². The molecule has 0 aliphatic heterocycles. The van der Waals surface area contributed by atoms with Crippen LogP contribution in [0.5, 0.6) is 0 Å². The van der Waals surface area contributed by atoms with Crippen LogP contribution in [0.25, 0.3) is 0 Å². The van der Waals surface area contributed by atoms with E-state index in [1.54, 1.807) is 0 Å². The molecule has 0 saturated heterocycles. The van der Waals surface area contributed by atoms with Gasteiger partial charge in [-0.2, -0.15) is 0 Å². The Morgan fingerprint density at radius 1 is 1.30 bits per heavy atom. The van der Waals surface area contributed by atoms with Gasteiger partial charge in [-0.15, -0.1) is 24.0 Å². The van der Waals surface area contributed by atoms with Crippen molar-refractivity contribution in [3.05, 3.63) is 29.8 Å². The number of nitrogens with zero attached hydrogens (tertiary/aromatic N) is 1. The fraction of sp³-hybridized carbons (Fsp3) is 0.529. The Bertz CT molecular complexity index is 527. The largest absolute Gasteiger partial charge is 0.370 e. The Morgan fingerprint density at radius 2 is 2.04 bits per heavy atom. The summed E-state index contributed by atoms with van der Waals surface area (Å²) in [7, 11) is 0. The Balaban J connectivity index is 0.00000264. The first kappa shape index (κ1) is 19.7. The van der Waals surface area contributed by atoms with Gasteiger partial charge in [-0.25, -0.2) is 0 Å². The van der Waals surface area contributed by atoms with Gasteiger partial charge in [0.1, 0.15) is 0 Å². The molecule has 1 aliphatic rings. The molecular formula is C17H27IN4O. The van der Waals surface area contributed by atoms with E-state index in [4.69, 9.17) is 5.73 Å². The Kier molecular flexibility index (Phi) is 8.98. The maximum absolute atomic E-state index is 11.9. The summed E-state index contributed by atoms with van der Waals surface area (Å²) in [5, 5.41) is 6.11. The number of amides is 1. The number of hydrogen-bond acceptors (Lipinski definition) is 2. The van der Waals surface area contributed by atoms with E-state index in [9.17, 15) is 4.79 Å². The van der Waals surface area contributed by atoms with Gasteiger partial charge in [0.25, 0.3) is 0 Å². The van der Waals surface area contributed by atoms with Crippen LogP contribution < -0.4 is 16.4 Å². The van der Waals surface area contributed by atoms with Crippen LogP contribution in [0.15, 0.2) is 29.3 Å². The third-order valence-corrected chi connectivity index (χ3v) is 3.88. The van der Waals surface area contributed by atoms with E-state index in [0.717, 1.165) is 24.1 Å². The molecule has 6 heteroatoms. The van der Waals surface area contributed by atoms with Crippen LogP contribution in [0.4, 0.5) is 5.69 Å². The minimum atomic E-state index is 0. The first-order valence-corrected chi connectivity index (χ1v) is 8.06. The third-order valence-electron chi connectivity index (χ3n) is 3.88. The molecule has 1 aromatic rings. The summed E-state index contributed by atoms with van der Waals surface area (Å²) in [5.41, 5.74) is 7.90. The molecule has 0 unspecified atom stereocenters. The number of carbonyl (C=O) groups is 1. The molecule has 1 aliphatic carbocycles. The highest BCUT2D eigenvalue weighted by Crippen LogP contribution is 2.17. The lowest BCUT2D eigenvalue weighted by atomic mass is 9.95. The van der Waals surface area contributed by atoms with E-state index < -0.39 is 0 Å². The molecule has 0 spiro atoms. The second-order valence-corrected chi connectivity index (χ2v) is 5.91. The van der Waals surface area contributed by atoms with E-state index in [1.165, 1.54) is 19.3 Å². The first-order valence-electron chi connectivity index (χ1n) is 8.06. The van der Waals surface area contributed by atoms with Crippen molar-refractivity contribution in [3.63, 3.8) is 0 Å². The Morgan fingerprint density at radius 3 is 2.74 bits per heavy atom. The maximum atomic E-state index is 11.9. The zero-order chi connectivity index (χ0) is 15.8. The average Bonchev–Trinajstić information content (AvgIpc) is 2.48. The average molecular weight is 430 g/mol. The molecule has 1 aromatic carbocycles. The summed E-state index contributed by atoms with van der Waals surface area (Å²) >= 11 is 0. The van der Waals surface area contributed by atoms with Crippen molar-refractivity contribution in [3.8, 4) is 0 Å². The summed E-state index contributed by atoms with van der Waals surface area (Å²) in [4.78, 5) is 16.1. The van der Waals surface area contributed by atoms with Crippen molar-refractivity contribution in [1.29, 1.82) is 0 Å². The fourth-order valence-electron chi connectivity index (χ4n) is 2.73. The zero-order valence-corrected chi connectivity index (χ0v) is 16.0. The number of carbonyl (C=O) groups excluding carboxylic acids is 1. The molecule has 23 heavy (non-hydrogen) atoms. The standard InChI is InChI=1S/C17H26N4O.HI/c1-13-6-5-9-15(12-13)21-17(18)19-11-10-16(22)20-14-7-3-2-4-8-14;/h5-6,9,12,14H,2-4,7-8,10-11H2,1H3,(H,20,22)(H3,18,19,21);1H. The predicted octanol–water partition coefficient (Wildman–Crippen LogP) is 3.18. The van der Waals surface area contributed by atoms with Gasteiger partial charge in [0.2, 0.25) is 5.91 Å². The molecule has 1 saturated carbocycles. The van der Waals surface area contributed by atoms with Crippen LogP contribution in [0, 0.1) is 6.92 Å². The highest BCUT2D eigenvalue weighted by molar-refractivity contribution is 14.0. The van der Waals surface area contributed by atoms with Crippen LogP contribution in [-0.4, -0.2) is 24.5 Å². The van der Waals surface area contributed by atoms with Crippen molar-refractivity contribution in [1.82, 2.24) is 5.32 Å². The number of aliphatic imine (C=N–C) groups is 1. The minimum absolute atomic E-state index is 0. The lowest BCUT2D eigenvalue weighted by Gasteiger charge is -2.22. The van der Waals surface area contributed by atoms with Crippen molar-refractivity contribution < 1.29 is 4.79 Å². The molecule has 0 atom stereocenters. The second kappa shape index (κ2) is 10.5. The number of nitrogens with two attached hydrogens (primary N) is 1. The second-order valence-electron chi connectivity index (χ2n) is 5.91. The fourth-order valence-corrected chi connectivity index (χ4v) is 2.73. The molecular weight excluding hydrogens is 403 g/mol. The summed E-state index contributed by atoms with van der Waals surface area (Å²) in [6, 6.07) is 8.27. The number of halogens is 1. The van der Waals surface area contributed by atoms with Gasteiger partial charge < -0.3 is 16.4 Å². The van der Waals surface area contributed by atoms with Crippen LogP contribution in [0.3, 0.4) is 0 Å². The molecule has 1 amide bonds. The lowest BCUT2D eigenvalue weighted by molar-refractivity contribution is -0.121. The summed E-state index contributed by atoms with van der Waals surface area (Å²) in [6.45, 7) is 2.43. The number of benzene rings is 1. The first-order chi connectivity index (χ1) is 10.6. The number of anilines is 1. The molecule has 5 nitrogen and oxygen atoms in total. The lowest BCUT2D eigenvalue weighted by Crippen LogP contribution is -2.36. The molecule has 0 bridgehead atoms. The van der Waals surface area contributed by atoms with Crippen molar-refractivity contribution >= 4 is 41.5 Å². The third kappa shape index (κ3) is 7.67. The minimum Gasteiger partial charge on any atom is -0.370 e. The van der Waals surface area contributed by atoms with Crippen LogP contribution in [0.2, 0.25) is 0 Å². The van der Waals surface area contributed by atoms with E-state index in [0.29, 0.717) is 25.0 Å². The highest BCUT2D eigenvalue weighted by atomic mass is 127. The number of hydrogen-bond donors (Lipinski definition) is 3. The maximum Gasteiger partial charge on any atom is 0.222 e. The van der Waals surface area contributed by atoms with Gasteiger partial charge in [-0.3, -0.25) is 9.79 Å². The zero-order valence-electron chi connectivity index (χ0n) is 13.7. The van der Waals surface area contributed by atoms with E-state index >= 15 is 0 Å². The summed E-state index contributed by atoms with van der Waals surface area (Å²) < 4.78 is 0. The number of aryl methyl sites for hydroxylation is 1. The van der Waals surface area contributed by atoms with Gasteiger partial charge in [0.05, 0.1) is 6.54 Å². The molecule has 0 radical (unpaired) electrons. The predicted molar refractivity (Wildman–Crippen MR) is 106 cm³/mol. The van der Waals surface area contributed by atoms with Crippen LogP contribution >= 0.6 is 24.0 Å². The Labute approximate surface area is 155 Å². The monoisotopic (exact) mass is 430 g/mol. The topological polar surface area (TPSA) is 79.5 Å². The molecule has 0 heterocycles. The van der Waals surface area contributed by atoms with Crippen molar-refractivity contribution in [2.45, 2.75) is 51.5 Å². The molecule has 0 aromatic heterocycles. The smallest absolute Gasteiger partial charge is 0.222 e. The van der Waals surface area contributed by atoms with Gasteiger partial charge in [0.15, 0.2) is 5.96 Å². The molecule has 4 N–H and O–H groups in total. The normalized spacial score (nSPS) is 15.6. The summed E-state index contributed by atoms with van der Waals surface area (Å²) in [5.74, 6) is 0.412. The van der Waals surface area contributed by atoms with E-state index in [1.807, 2.05) is 31.2 Å². The van der Waals surface area contributed by atoms with Crippen LogP contribution in [0.1, 0.15) is 44.1 Å². The molecule has 2 rings (SSSR count). The number of guanidine groups is 1. The number of rotatable bonds is 5. The quantitative estimate of drug-likeness (QED) is 0.382. The SMILES string of the molecule is Cc1cccc(NC(N)=NCCC(=O)NC2CCCCC2)c1.I. The number of nitrogens with one attached hydrogen (secondary N) is 2. The molecule has 1 fully saturated rings. The van der Waals surface area contributed by atoms with Gasteiger partial charge in [-0.05, 0) is 37.5 Å².